The summed E-state index contributed by atoms with van der Waals surface area (Å²) in [5, 5.41) is 2.07. The number of benzene rings is 3. The van der Waals surface area contributed by atoms with Crippen molar-refractivity contribution in [1.82, 2.24) is 0 Å². The Bertz CT molecular complexity index is 1380. The lowest BCUT2D eigenvalue weighted by Crippen LogP contribution is -2.53. The van der Waals surface area contributed by atoms with E-state index < -0.39 is 8.07 Å². The fraction of sp³-hybridized carbons (Fsp3) is 0.474. The van der Waals surface area contributed by atoms with E-state index in [1.54, 1.807) is 0 Å². The molecule has 1 nitrogen and oxygen atoms in total. The molecule has 0 fully saturated rings. The maximum atomic E-state index is 7.11. The number of rotatable bonds is 7. The first-order valence-electron chi connectivity index (χ1n) is 15.4. The largest absolute Gasteiger partial charge is 0.488 e. The molecule has 0 saturated carbocycles. The van der Waals surface area contributed by atoms with Gasteiger partial charge in [0.05, 0.1) is 5.02 Å². The van der Waals surface area contributed by atoms with Crippen molar-refractivity contribution in [3.63, 3.8) is 0 Å². The topological polar surface area (TPSA) is 9.23 Å². The minimum Gasteiger partial charge on any atom is -0.488 e. The summed E-state index contributed by atoms with van der Waals surface area (Å²) >= 11 is 7.11. The molecule has 0 aromatic heterocycles. The van der Waals surface area contributed by atoms with Gasteiger partial charge in [0.15, 0.2) is 0 Å². The molecule has 4 rings (SSSR count). The Morgan fingerprint density at radius 3 is 1.59 bits per heavy atom. The van der Waals surface area contributed by atoms with Crippen LogP contribution in [0, 0.1) is 0 Å². The van der Waals surface area contributed by atoms with E-state index in [2.05, 4.69) is 131 Å². The molecule has 220 valence electrons. The lowest BCUT2D eigenvalue weighted by atomic mass is 9.83. The highest BCUT2D eigenvalue weighted by Crippen LogP contribution is 2.53. The fourth-order valence-corrected chi connectivity index (χ4v) is 12.2. The van der Waals surface area contributed by atoms with Crippen LogP contribution in [0.4, 0.5) is 0 Å². The Labute approximate surface area is 256 Å². The van der Waals surface area contributed by atoms with Gasteiger partial charge in [0.1, 0.15) is 20.4 Å². The van der Waals surface area contributed by atoms with Crippen molar-refractivity contribution in [3.05, 3.63) is 94.0 Å². The maximum absolute atomic E-state index is 7.11. The highest BCUT2D eigenvalue weighted by molar-refractivity contribution is 6.94. The van der Waals surface area contributed by atoms with Crippen molar-refractivity contribution >= 4 is 24.9 Å². The first kappa shape index (κ1) is 31.6. The van der Waals surface area contributed by atoms with E-state index >= 15 is 0 Å². The molecule has 1 aliphatic carbocycles. The van der Waals surface area contributed by atoms with Crippen LogP contribution in [-0.4, -0.2) is 14.7 Å². The van der Waals surface area contributed by atoms with Crippen molar-refractivity contribution in [2.24, 2.45) is 0 Å². The van der Waals surface area contributed by atoms with Crippen molar-refractivity contribution < 1.29 is 4.74 Å². The number of ether oxygens (including phenoxy) is 1. The molecule has 0 spiro atoms. The van der Waals surface area contributed by atoms with Gasteiger partial charge in [-0.05, 0) is 66.4 Å². The zero-order valence-electron chi connectivity index (χ0n) is 27.4. The van der Waals surface area contributed by atoms with Gasteiger partial charge in [-0.1, -0.05) is 155 Å². The summed E-state index contributed by atoms with van der Waals surface area (Å²) in [4.78, 5) is 0. The monoisotopic (exact) mass is 586 g/mol. The average Bonchev–Trinajstić information content (AvgIpc) is 3.21. The van der Waals surface area contributed by atoms with Crippen LogP contribution in [0.15, 0.2) is 61.2 Å². The SMILES string of the molecule is C=CCOc1c(Cl)cc(C(C)(C)C)cc1[Si](CC)(CC)C1c2ccc(C(C)(C)C)cc2-c2cc(C(C)(C)C)ccc21. The predicted octanol–water partition coefficient (Wildman–Crippen LogP) is 10.8. The molecule has 0 aliphatic heterocycles. The normalized spacial score (nSPS) is 14.1. The molecule has 41 heavy (non-hydrogen) atoms. The summed E-state index contributed by atoms with van der Waals surface area (Å²) in [7, 11) is -2.30. The van der Waals surface area contributed by atoms with Gasteiger partial charge in [-0.15, -0.1) is 0 Å². The molecule has 3 aromatic rings. The zero-order chi connectivity index (χ0) is 30.5. The second-order valence-corrected chi connectivity index (χ2v) is 20.3. The lowest BCUT2D eigenvalue weighted by molar-refractivity contribution is 0.365. The Morgan fingerprint density at radius 2 is 1.20 bits per heavy atom. The van der Waals surface area contributed by atoms with Crippen LogP contribution < -0.4 is 9.92 Å². The smallest absolute Gasteiger partial charge is 0.137 e. The van der Waals surface area contributed by atoms with Gasteiger partial charge in [0, 0.05) is 5.54 Å². The third kappa shape index (κ3) is 5.72. The second kappa shape index (κ2) is 11.1. The Hall–Kier alpha value is -2.29. The third-order valence-electron chi connectivity index (χ3n) is 9.36. The summed E-state index contributed by atoms with van der Waals surface area (Å²) in [6, 6.07) is 21.4. The molecule has 0 unspecified atom stereocenters. The van der Waals surface area contributed by atoms with Gasteiger partial charge < -0.3 is 4.74 Å². The lowest BCUT2D eigenvalue weighted by Gasteiger charge is -2.40. The molecule has 0 radical (unpaired) electrons. The minimum atomic E-state index is -2.30. The van der Waals surface area contributed by atoms with Crippen LogP contribution in [0.25, 0.3) is 11.1 Å². The van der Waals surface area contributed by atoms with Gasteiger partial charge >= 0.3 is 0 Å². The molecule has 3 aromatic carbocycles. The van der Waals surface area contributed by atoms with Gasteiger partial charge in [-0.2, -0.15) is 0 Å². The second-order valence-electron chi connectivity index (χ2n) is 15.1. The molecule has 1 aliphatic rings. The summed E-state index contributed by atoms with van der Waals surface area (Å²) in [6.07, 6.45) is 1.82. The van der Waals surface area contributed by atoms with Crippen LogP contribution in [0.1, 0.15) is 110 Å². The van der Waals surface area contributed by atoms with Gasteiger partial charge in [-0.3, -0.25) is 0 Å². The summed E-state index contributed by atoms with van der Waals surface area (Å²) in [5.41, 5.74) is 10.3. The number of hydrogen-bond acceptors (Lipinski definition) is 1. The van der Waals surface area contributed by atoms with E-state index in [1.807, 2.05) is 6.08 Å². The van der Waals surface area contributed by atoms with E-state index in [1.165, 1.54) is 44.1 Å². The number of fused-ring (bicyclic) bond motifs is 3. The Balaban J connectivity index is 2.10. The average molecular weight is 587 g/mol. The van der Waals surface area contributed by atoms with Gasteiger partial charge in [0.2, 0.25) is 0 Å². The van der Waals surface area contributed by atoms with E-state index in [0.29, 0.717) is 12.1 Å². The summed E-state index contributed by atoms with van der Waals surface area (Å²) < 4.78 is 6.44. The molecule has 0 N–H and O–H groups in total. The summed E-state index contributed by atoms with van der Waals surface area (Å²) in [6.45, 7) is 29.9. The number of halogens is 1. The zero-order valence-corrected chi connectivity index (χ0v) is 29.1. The molecular formula is C38H51ClOSi. The van der Waals surface area contributed by atoms with Crippen LogP contribution in [0.3, 0.4) is 0 Å². The van der Waals surface area contributed by atoms with E-state index in [9.17, 15) is 0 Å². The quantitative estimate of drug-likeness (QED) is 0.197. The standard InChI is InChI=1S/C38H51ClOSi/c1-13-20-40-34-32(39)23-27(38(10,11)12)24-33(34)41(14-2,15-3)35-28-18-16-25(36(4,5)6)21-30(28)31-22-26(37(7,8)9)17-19-29(31)35/h13,16-19,21-24,35H,1,14-15,20H2,2-12H3. The highest BCUT2D eigenvalue weighted by atomic mass is 35.5. The Kier molecular flexibility index (Phi) is 8.55. The summed E-state index contributed by atoms with van der Waals surface area (Å²) in [5.74, 6) is 0.863. The van der Waals surface area contributed by atoms with Crippen molar-refractivity contribution in [1.29, 1.82) is 0 Å². The molecule has 3 heteroatoms. The molecule has 0 amide bonds. The van der Waals surface area contributed by atoms with Crippen LogP contribution in [0.2, 0.25) is 17.1 Å². The van der Waals surface area contributed by atoms with Crippen molar-refractivity contribution in [2.75, 3.05) is 6.61 Å². The third-order valence-corrected chi connectivity index (χ3v) is 15.3. The first-order valence-corrected chi connectivity index (χ1v) is 18.2. The van der Waals surface area contributed by atoms with Gasteiger partial charge in [0.25, 0.3) is 0 Å². The Morgan fingerprint density at radius 1 is 0.732 bits per heavy atom. The first-order chi connectivity index (χ1) is 19.0. The van der Waals surface area contributed by atoms with Crippen LogP contribution >= 0.6 is 11.6 Å². The van der Waals surface area contributed by atoms with E-state index in [-0.39, 0.29) is 16.2 Å². The van der Waals surface area contributed by atoms with Gasteiger partial charge in [-0.25, -0.2) is 0 Å². The number of hydrogen-bond donors (Lipinski definition) is 0. The highest BCUT2D eigenvalue weighted by Gasteiger charge is 2.48. The predicted molar refractivity (Wildman–Crippen MR) is 183 cm³/mol. The molecule has 0 bridgehead atoms. The minimum absolute atomic E-state index is 0.0221. The van der Waals surface area contributed by atoms with Crippen molar-refractivity contribution in [3.8, 4) is 16.9 Å². The molecule has 0 heterocycles. The van der Waals surface area contributed by atoms with Crippen molar-refractivity contribution in [2.45, 2.75) is 110 Å². The maximum Gasteiger partial charge on any atom is 0.137 e. The molecular weight excluding hydrogens is 536 g/mol. The fourth-order valence-electron chi connectivity index (χ4n) is 6.66. The van der Waals surface area contributed by atoms with E-state index in [0.717, 1.165) is 22.9 Å². The van der Waals surface area contributed by atoms with Crippen LogP contribution in [-0.2, 0) is 16.2 Å². The van der Waals surface area contributed by atoms with Crippen LogP contribution in [0.5, 0.6) is 5.75 Å². The van der Waals surface area contributed by atoms with E-state index in [4.69, 9.17) is 16.3 Å². The molecule has 0 saturated heterocycles. The molecule has 0 atom stereocenters.